The Kier molecular flexibility index (Phi) is 37.0. The van der Waals surface area contributed by atoms with E-state index >= 15 is 0 Å². The predicted octanol–water partition coefficient (Wildman–Crippen LogP) is 0.789. The zero-order chi connectivity index (χ0) is 35.2. The van der Waals surface area contributed by atoms with Gasteiger partial charge in [-0.2, -0.15) is 0 Å². The summed E-state index contributed by atoms with van der Waals surface area (Å²) in [4.78, 5) is 113. The molecule has 0 aliphatic rings. The third-order valence-corrected chi connectivity index (χ3v) is 19.4. The van der Waals surface area contributed by atoms with Crippen molar-refractivity contribution in [3.05, 3.63) is 0 Å². The molecule has 0 bridgehead atoms. The molecule has 0 amide bonds. The van der Waals surface area contributed by atoms with Crippen molar-refractivity contribution in [3.63, 3.8) is 0 Å². The van der Waals surface area contributed by atoms with Crippen molar-refractivity contribution in [2.45, 2.75) is 151 Å². The zero-order valence-corrected chi connectivity index (χ0v) is 34.2. The molecule has 21 heteroatoms. The maximum absolute atomic E-state index is 9.36. The van der Waals surface area contributed by atoms with Crippen LogP contribution in [0.1, 0.15) is 97.9 Å². The van der Waals surface area contributed by atoms with Crippen molar-refractivity contribution in [2.75, 3.05) is 0 Å². The summed E-state index contributed by atoms with van der Waals surface area (Å²) < 4.78 is 4.65. The summed E-state index contributed by atoms with van der Waals surface area (Å²) in [7, 11) is -19.8. The molecular weight excluding hydrogens is 685 g/mol. The monoisotopic (exact) mass is 758 g/mol. The van der Waals surface area contributed by atoms with E-state index in [0.29, 0.717) is 0 Å². The second kappa shape index (κ2) is 25.7. The molecule has 0 aliphatic heterocycles. The third kappa shape index (κ3) is 40.7. The van der Waals surface area contributed by atoms with Gasteiger partial charge in [0, 0.05) is 35.8 Å². The Morgan fingerprint density at radius 3 is 0.500 bits per heavy atom. The lowest BCUT2D eigenvalue weighted by atomic mass is 10.6. The molecule has 0 rings (SSSR count). The Morgan fingerprint density at radius 1 is 0.341 bits per heavy atom. The van der Waals surface area contributed by atoms with Gasteiger partial charge in [-0.15, -0.1) is 0 Å². The van der Waals surface area contributed by atoms with Crippen LogP contribution in [0.2, 0.25) is 52.9 Å². The molecular formula is C23H74O15Si6. The first-order valence-electron chi connectivity index (χ1n) is 13.5. The highest BCUT2D eigenvalue weighted by atomic mass is 28.5. The highest BCUT2D eigenvalue weighted by molar-refractivity contribution is 6.77. The van der Waals surface area contributed by atoms with E-state index in [2.05, 4.69) is 37.6 Å². The van der Waals surface area contributed by atoms with E-state index < -0.39 is 79.8 Å². The van der Waals surface area contributed by atoms with Gasteiger partial charge in [0.15, 0.2) is 0 Å². The Hall–Kier alpha value is 0.701. The summed E-state index contributed by atoms with van der Waals surface area (Å²) in [6.45, 7) is 27.5. The smallest absolute Gasteiger partial charge is 0.412 e. The lowest BCUT2D eigenvalue weighted by molar-refractivity contribution is 0.141. The van der Waals surface area contributed by atoms with Crippen LogP contribution in [-0.4, -0.2) is 120 Å². The van der Waals surface area contributed by atoms with Crippen LogP contribution in [0, 0.1) is 0 Å². The van der Waals surface area contributed by atoms with E-state index in [1.54, 1.807) is 69.2 Å². The number of hydrogen-bond acceptors (Lipinski definition) is 14. The normalized spacial score (nSPS) is 12.4. The van der Waals surface area contributed by atoms with Crippen molar-refractivity contribution in [2.24, 2.45) is 0 Å². The molecule has 0 aromatic rings. The summed E-state index contributed by atoms with van der Waals surface area (Å²) in [5.74, 6) is 0. The van der Waals surface area contributed by atoms with Gasteiger partial charge in [-0.1, -0.05) is 123 Å². The third-order valence-electron chi connectivity index (χ3n) is 5.86. The van der Waals surface area contributed by atoms with Gasteiger partial charge < -0.3 is 71.9 Å². The van der Waals surface area contributed by atoms with Gasteiger partial charge in [-0.25, -0.2) is 0 Å². The van der Waals surface area contributed by atoms with Gasteiger partial charge in [0.1, 0.15) is 0 Å². The van der Waals surface area contributed by atoms with Crippen LogP contribution >= 0.6 is 0 Å². The molecule has 0 spiro atoms. The molecule has 0 heterocycles. The van der Waals surface area contributed by atoms with Crippen molar-refractivity contribution in [3.8, 4) is 0 Å². The van der Waals surface area contributed by atoms with Gasteiger partial charge in [0.05, 0.1) is 0 Å². The SMILES string of the molecule is C.C.CC(C)[Si](C)(C)C.CC(C)[Si](O)(O)O.CC(C)[Si](O)(O)O.CC(C)[Si](O)(O)O.CC(C)[Si](O)(O)O[Si](O)(O)C(C)C.O. The highest BCUT2D eigenvalue weighted by Gasteiger charge is 2.49. The highest BCUT2D eigenvalue weighted by Crippen LogP contribution is 2.24. The van der Waals surface area contributed by atoms with Crippen molar-refractivity contribution in [1.82, 2.24) is 0 Å². The second-order valence-corrected chi connectivity index (χ2v) is 32.0. The van der Waals surface area contributed by atoms with E-state index in [1.807, 2.05) is 0 Å². The Labute approximate surface area is 274 Å². The molecule has 0 aromatic heterocycles. The quantitative estimate of drug-likeness (QED) is 0.152. The minimum absolute atomic E-state index is 0. The van der Waals surface area contributed by atoms with Crippen LogP contribution in [-0.2, 0) is 4.12 Å². The Morgan fingerprint density at radius 2 is 0.455 bits per heavy atom. The topological polar surface area (TPSA) is 304 Å². The minimum atomic E-state index is -3.92. The first-order chi connectivity index (χ1) is 17.4. The molecule has 280 valence electrons. The molecule has 0 saturated heterocycles. The number of hydrogen-bond donors (Lipinski definition) is 13. The van der Waals surface area contributed by atoms with Crippen molar-refractivity contribution in [1.29, 1.82) is 0 Å². The van der Waals surface area contributed by atoms with Crippen LogP contribution in [0.5, 0.6) is 0 Å². The first-order valence-corrected chi connectivity index (χ1v) is 26.6. The van der Waals surface area contributed by atoms with Crippen LogP contribution in [0.25, 0.3) is 0 Å². The summed E-state index contributed by atoms with van der Waals surface area (Å²) in [5.41, 5.74) is -1.23. The molecule has 0 radical (unpaired) electrons. The van der Waals surface area contributed by atoms with Gasteiger partial charge >= 0.3 is 44.0 Å². The summed E-state index contributed by atoms with van der Waals surface area (Å²) in [5, 5.41) is 0. The van der Waals surface area contributed by atoms with Crippen LogP contribution in [0.15, 0.2) is 0 Å². The molecule has 15 N–H and O–H groups in total. The van der Waals surface area contributed by atoms with Gasteiger partial charge in [0.2, 0.25) is 0 Å². The number of rotatable bonds is 8. The zero-order valence-electron chi connectivity index (χ0n) is 28.2. The van der Waals surface area contributed by atoms with E-state index in [4.69, 9.17) is 43.2 Å². The van der Waals surface area contributed by atoms with Gasteiger partial charge in [0.25, 0.3) is 0 Å². The summed E-state index contributed by atoms with van der Waals surface area (Å²) in [6.07, 6.45) is 0. The largest absolute Gasteiger partial charge is 0.495 e. The predicted molar refractivity (Wildman–Crippen MR) is 190 cm³/mol. The van der Waals surface area contributed by atoms with Crippen molar-refractivity contribution >= 4 is 52.1 Å². The van der Waals surface area contributed by atoms with Crippen LogP contribution in [0.3, 0.4) is 0 Å². The Bertz CT molecular complexity index is 550. The Balaban J connectivity index is -0.0000000621. The summed E-state index contributed by atoms with van der Waals surface area (Å²) in [6, 6.07) is 0. The average Bonchev–Trinajstić information content (AvgIpc) is 2.65. The fourth-order valence-electron chi connectivity index (χ4n) is 0.457. The van der Waals surface area contributed by atoms with Crippen LogP contribution in [0.4, 0.5) is 0 Å². The second-order valence-electron chi connectivity index (χ2n) is 12.8. The molecule has 15 nitrogen and oxygen atoms in total. The maximum Gasteiger partial charge on any atom is 0.495 e. The van der Waals surface area contributed by atoms with E-state index in [1.165, 1.54) is 0 Å². The molecule has 0 fully saturated rings. The molecule has 44 heavy (non-hydrogen) atoms. The van der Waals surface area contributed by atoms with E-state index in [0.717, 1.165) is 5.54 Å². The first kappa shape index (κ1) is 63.4. The average molecular weight is 759 g/mol. The molecule has 0 aromatic carbocycles. The van der Waals surface area contributed by atoms with Gasteiger partial charge in [-0.3, -0.25) is 0 Å². The fraction of sp³-hybridized carbons (Fsp3) is 1.00. The van der Waals surface area contributed by atoms with Crippen LogP contribution < -0.4 is 0 Å². The molecule has 0 aliphatic carbocycles. The lowest BCUT2D eigenvalue weighted by Crippen LogP contribution is -2.56. The molecule has 0 saturated carbocycles. The van der Waals surface area contributed by atoms with Crippen molar-refractivity contribution < 1.29 is 71.9 Å². The standard InChI is InChI=1S/C6H18O5Si2.C6H16Si.3C3H10O3Si.2CH4.H2O/c1-5(2)12(7,8)11-13(9,10)6(3)4;1-6(2)7(3,4)5;3*1-3(2)7(4,5)6;;;/h5-10H,1-4H3;6H,1-5H3;3*3-6H,1-2H3;2*1H4;1H2. The summed E-state index contributed by atoms with van der Waals surface area (Å²) >= 11 is 0. The fourth-order valence-corrected chi connectivity index (χ4v) is 4.11. The molecule has 0 unspecified atom stereocenters. The maximum atomic E-state index is 9.36. The minimum Gasteiger partial charge on any atom is -0.412 e. The van der Waals surface area contributed by atoms with E-state index in [9.17, 15) is 19.2 Å². The lowest BCUT2D eigenvalue weighted by Gasteiger charge is -2.30. The van der Waals surface area contributed by atoms with E-state index in [-0.39, 0.29) is 20.3 Å². The van der Waals surface area contributed by atoms with Gasteiger partial charge in [-0.05, 0) is 0 Å². The molecule has 0 atom stereocenters.